The lowest BCUT2D eigenvalue weighted by Crippen LogP contribution is -2.71. The van der Waals surface area contributed by atoms with Gasteiger partial charge in [-0.3, -0.25) is 0 Å². The van der Waals surface area contributed by atoms with Crippen molar-refractivity contribution in [1.29, 1.82) is 0 Å². The third-order valence-corrected chi connectivity index (χ3v) is 13.5. The maximum atomic E-state index is 11.8. The summed E-state index contributed by atoms with van der Waals surface area (Å²) < 4.78 is 0. The summed E-state index contributed by atoms with van der Waals surface area (Å²) in [5.74, 6) is 0.367. The molecule has 5 aliphatic rings. The van der Waals surface area contributed by atoms with E-state index in [1.54, 1.807) is 0 Å². The highest BCUT2D eigenvalue weighted by atomic mass is 16.3. The first-order valence-electron chi connectivity index (χ1n) is 14.2. The highest BCUT2D eigenvalue weighted by Gasteiger charge is 2.72. The molecule has 5 aliphatic carbocycles. The first-order chi connectivity index (χ1) is 16.6. The van der Waals surface area contributed by atoms with Crippen LogP contribution < -0.4 is 0 Å². The Bertz CT molecular complexity index is 939. The van der Waals surface area contributed by atoms with Gasteiger partial charge in [0.25, 0.3) is 0 Å². The SMILES string of the molecule is B[C@]12CC[C@H](O)[C@](C)(CO)C1CC[C@]1(C)C2CC=C2C3CC(C)(C)[C@@H](O)[C@H](O)[C@]3(CO)[C@H](O)C[C@]21C. The lowest BCUT2D eigenvalue weighted by Gasteiger charge is -2.72. The molecule has 0 aromatic heterocycles. The van der Waals surface area contributed by atoms with E-state index in [1.807, 2.05) is 13.8 Å². The largest absolute Gasteiger partial charge is 0.396 e. The molecule has 4 fully saturated rings. The number of fused-ring (bicyclic) bond motifs is 7. The average molecular weight is 505 g/mol. The van der Waals surface area contributed by atoms with E-state index in [4.69, 9.17) is 0 Å². The Hall–Kier alpha value is -0.435. The quantitative estimate of drug-likeness (QED) is 0.252. The van der Waals surface area contributed by atoms with Crippen molar-refractivity contribution in [2.24, 2.45) is 44.8 Å². The fourth-order valence-electron chi connectivity index (χ4n) is 10.9. The maximum Gasteiger partial charge on any atom is 0.110 e. The summed E-state index contributed by atoms with van der Waals surface area (Å²) in [5, 5.41) is 66.1. The molecule has 0 spiro atoms. The number of rotatable bonds is 2. The Morgan fingerprint density at radius 1 is 0.833 bits per heavy atom. The normalized spacial score (nSPS) is 58.1. The number of allylic oxidation sites excluding steroid dienone is 2. The van der Waals surface area contributed by atoms with Gasteiger partial charge in [0.2, 0.25) is 0 Å². The van der Waals surface area contributed by atoms with Gasteiger partial charge in [-0.1, -0.05) is 58.0 Å². The predicted octanol–water partition coefficient (Wildman–Crippen LogP) is 1.81. The minimum atomic E-state index is -1.19. The first kappa shape index (κ1) is 27.1. The first-order valence-corrected chi connectivity index (χ1v) is 14.2. The van der Waals surface area contributed by atoms with Crippen molar-refractivity contribution < 1.29 is 30.6 Å². The van der Waals surface area contributed by atoms with Crippen LogP contribution in [0.1, 0.15) is 79.6 Å². The van der Waals surface area contributed by atoms with Gasteiger partial charge in [-0.25, -0.2) is 0 Å². The molecule has 0 saturated heterocycles. The molecular formula is C29H49BO6. The zero-order chi connectivity index (χ0) is 26.7. The van der Waals surface area contributed by atoms with Crippen LogP contribution in [0.5, 0.6) is 0 Å². The third kappa shape index (κ3) is 2.97. The Labute approximate surface area is 217 Å². The van der Waals surface area contributed by atoms with Crippen molar-refractivity contribution in [1.82, 2.24) is 0 Å². The summed E-state index contributed by atoms with van der Waals surface area (Å²) in [6.45, 7) is 10.3. The molecule has 0 radical (unpaired) electrons. The van der Waals surface area contributed by atoms with Crippen molar-refractivity contribution in [3.8, 4) is 0 Å². The molecule has 6 N–H and O–H groups in total. The summed E-state index contributed by atoms with van der Waals surface area (Å²) in [6.07, 6.45) is 4.21. The van der Waals surface area contributed by atoms with Crippen LogP contribution >= 0.6 is 0 Å². The topological polar surface area (TPSA) is 121 Å². The third-order valence-electron chi connectivity index (χ3n) is 13.5. The molecular weight excluding hydrogens is 455 g/mol. The van der Waals surface area contributed by atoms with Crippen molar-refractivity contribution in [2.45, 2.75) is 109 Å². The molecule has 0 aromatic rings. The fraction of sp³-hybridized carbons (Fsp3) is 0.931. The molecule has 12 atom stereocenters. The van der Waals surface area contributed by atoms with Gasteiger partial charge in [0.15, 0.2) is 0 Å². The van der Waals surface area contributed by atoms with E-state index in [1.165, 1.54) is 5.57 Å². The van der Waals surface area contributed by atoms with Crippen LogP contribution in [0.2, 0.25) is 5.31 Å². The minimum Gasteiger partial charge on any atom is -0.396 e. The smallest absolute Gasteiger partial charge is 0.110 e. The number of aliphatic hydroxyl groups excluding tert-OH is 6. The van der Waals surface area contributed by atoms with E-state index < -0.39 is 40.7 Å². The number of hydrogen-bond donors (Lipinski definition) is 6. The van der Waals surface area contributed by atoms with E-state index >= 15 is 0 Å². The Kier molecular flexibility index (Phi) is 6.07. The van der Waals surface area contributed by atoms with Gasteiger partial charge in [0, 0.05) is 5.41 Å². The van der Waals surface area contributed by atoms with Crippen molar-refractivity contribution in [2.75, 3.05) is 13.2 Å². The van der Waals surface area contributed by atoms with Gasteiger partial charge in [-0.2, -0.15) is 0 Å². The Balaban J connectivity index is 1.63. The van der Waals surface area contributed by atoms with Gasteiger partial charge in [0.1, 0.15) is 7.85 Å². The van der Waals surface area contributed by atoms with E-state index in [-0.39, 0.29) is 41.2 Å². The van der Waals surface area contributed by atoms with Crippen LogP contribution in [0, 0.1) is 44.8 Å². The molecule has 0 bridgehead atoms. The molecule has 0 aliphatic heterocycles. The maximum absolute atomic E-state index is 11.8. The standard InChI is InChI=1S/C29H49BO6/c1-24(2)12-17-16-6-7-19-26(4,10-8-18-25(3,14-31)20(33)9-11-29(18,19)30)27(16,5)13-21(34)28(17,15-32)23(36)22(24)35/h6,17-23,31-36H,7-15,30H2,1-5H3/t17?,18?,19?,20-,21+,22-,23-,25+,26+,27+,28-,29+/m0/s1. The molecule has 7 heteroatoms. The zero-order valence-electron chi connectivity index (χ0n) is 23.2. The van der Waals surface area contributed by atoms with Gasteiger partial charge in [-0.05, 0) is 72.5 Å². The summed E-state index contributed by atoms with van der Waals surface area (Å²) in [7, 11) is 2.38. The second kappa shape index (κ2) is 8.05. The van der Waals surface area contributed by atoms with Crippen LogP contribution in [0.4, 0.5) is 0 Å². The molecule has 4 saturated carbocycles. The molecule has 0 amide bonds. The van der Waals surface area contributed by atoms with Gasteiger partial charge < -0.3 is 30.6 Å². The van der Waals surface area contributed by atoms with E-state index in [0.29, 0.717) is 25.2 Å². The molecule has 5 rings (SSSR count). The van der Waals surface area contributed by atoms with Crippen LogP contribution in [0.15, 0.2) is 11.6 Å². The van der Waals surface area contributed by atoms with E-state index in [9.17, 15) is 30.6 Å². The number of aliphatic hydroxyl groups is 6. The van der Waals surface area contributed by atoms with E-state index in [0.717, 1.165) is 25.7 Å². The summed E-state index contributed by atoms with van der Waals surface area (Å²) in [4.78, 5) is 0. The monoisotopic (exact) mass is 504 g/mol. The second-order valence-corrected chi connectivity index (χ2v) is 15.1. The van der Waals surface area contributed by atoms with Crippen LogP contribution in [0.3, 0.4) is 0 Å². The highest BCUT2D eigenvalue weighted by molar-refractivity contribution is 6.16. The number of hydrogen-bond acceptors (Lipinski definition) is 6. The van der Waals surface area contributed by atoms with E-state index in [2.05, 4.69) is 34.7 Å². The highest BCUT2D eigenvalue weighted by Crippen LogP contribution is 2.77. The Morgan fingerprint density at radius 3 is 2.11 bits per heavy atom. The molecule has 3 unspecified atom stereocenters. The van der Waals surface area contributed by atoms with Crippen LogP contribution in [-0.2, 0) is 0 Å². The van der Waals surface area contributed by atoms with Gasteiger partial charge in [0.05, 0.1) is 43.0 Å². The lowest BCUT2D eigenvalue weighted by atomic mass is 9.29. The predicted molar refractivity (Wildman–Crippen MR) is 141 cm³/mol. The Morgan fingerprint density at radius 2 is 1.50 bits per heavy atom. The van der Waals surface area contributed by atoms with Crippen molar-refractivity contribution >= 4 is 7.85 Å². The van der Waals surface area contributed by atoms with Crippen molar-refractivity contribution in [3.05, 3.63) is 11.6 Å². The average Bonchev–Trinajstić information content (AvgIpc) is 2.81. The minimum absolute atomic E-state index is 0.00861. The molecule has 204 valence electrons. The van der Waals surface area contributed by atoms with Crippen molar-refractivity contribution in [3.63, 3.8) is 0 Å². The fourth-order valence-corrected chi connectivity index (χ4v) is 10.9. The summed E-state index contributed by atoms with van der Waals surface area (Å²) in [5.41, 5.74) is -1.36. The zero-order valence-corrected chi connectivity index (χ0v) is 23.2. The van der Waals surface area contributed by atoms with Crippen LogP contribution in [-0.4, -0.2) is 76.1 Å². The lowest BCUT2D eigenvalue weighted by molar-refractivity contribution is -0.250. The molecule has 0 aromatic carbocycles. The molecule has 0 heterocycles. The van der Waals surface area contributed by atoms with Crippen LogP contribution in [0.25, 0.3) is 0 Å². The molecule has 6 nitrogen and oxygen atoms in total. The summed E-state index contributed by atoms with van der Waals surface area (Å²) in [6, 6.07) is 0. The van der Waals surface area contributed by atoms with Gasteiger partial charge in [-0.15, -0.1) is 0 Å². The molecule has 36 heavy (non-hydrogen) atoms. The summed E-state index contributed by atoms with van der Waals surface area (Å²) >= 11 is 0. The van der Waals surface area contributed by atoms with Gasteiger partial charge >= 0.3 is 0 Å². The second-order valence-electron chi connectivity index (χ2n) is 15.1.